The van der Waals surface area contributed by atoms with E-state index in [1.165, 1.54) is 28.6 Å². The number of rotatable bonds is 3. The van der Waals surface area contributed by atoms with Crippen LogP contribution < -0.4 is 4.90 Å². The number of sulfonamides is 1. The molecule has 2 aromatic carbocycles. The highest BCUT2D eigenvalue weighted by Crippen LogP contribution is 2.29. The topological polar surface area (TPSA) is 53.5 Å². The van der Waals surface area contributed by atoms with Gasteiger partial charge in [-0.1, -0.05) is 11.6 Å². The number of halogens is 2. The van der Waals surface area contributed by atoms with Crippen LogP contribution in [0.25, 0.3) is 10.9 Å². The average Bonchev–Trinajstić information content (AvgIpc) is 2.94. The number of fused-ring (bicyclic) bond motifs is 1. The largest absolute Gasteiger partial charge is 0.370 e. The molecule has 5 nitrogen and oxygen atoms in total. The molecule has 0 N–H and O–H groups in total. The molecule has 3 aromatic rings. The third-order valence-corrected chi connectivity index (χ3v) is 7.08. The molecular weight excluding hydrogens is 401 g/mol. The molecule has 0 atom stereocenters. The van der Waals surface area contributed by atoms with Crippen LogP contribution in [0.5, 0.6) is 0 Å². The van der Waals surface area contributed by atoms with E-state index in [0.717, 1.165) is 23.1 Å². The lowest BCUT2D eigenvalue weighted by molar-refractivity contribution is 0.433. The first kappa shape index (κ1) is 19.1. The smallest absolute Gasteiger partial charge is 0.243 e. The molecule has 146 valence electrons. The van der Waals surface area contributed by atoms with Gasteiger partial charge in [0, 0.05) is 48.5 Å². The summed E-state index contributed by atoms with van der Waals surface area (Å²) in [6.07, 6.45) is 2.43. The number of anilines is 1. The molecule has 0 unspecified atom stereocenters. The summed E-state index contributed by atoms with van der Waals surface area (Å²) in [5, 5.41) is 1.62. The van der Waals surface area contributed by atoms with E-state index in [9.17, 15) is 12.8 Å². The molecule has 1 saturated heterocycles. The molecule has 1 fully saturated rings. The molecule has 0 bridgehead atoms. The van der Waals surface area contributed by atoms with Crippen molar-refractivity contribution >= 4 is 38.2 Å². The van der Waals surface area contributed by atoms with E-state index >= 15 is 0 Å². The first-order chi connectivity index (χ1) is 13.4. The molecular formula is C20H19ClFN3O2S. The SMILES string of the molecule is O=S(=O)(c1ccc(F)cc1)N1CCCN(c2ccnc3cc(Cl)ccc23)CC1. The van der Waals surface area contributed by atoms with Gasteiger partial charge in [-0.2, -0.15) is 4.31 Å². The average molecular weight is 420 g/mol. The van der Waals surface area contributed by atoms with Crippen LogP contribution in [0.4, 0.5) is 10.1 Å². The third kappa shape index (κ3) is 3.70. The standard InChI is InChI=1S/C20H19ClFN3O2S/c21-15-2-7-18-19(14-15)23-9-8-20(18)24-10-1-11-25(13-12-24)28(26,27)17-5-3-16(22)4-6-17/h2-9,14H,1,10-13H2. The highest BCUT2D eigenvalue weighted by Gasteiger charge is 2.27. The number of hydrogen-bond acceptors (Lipinski definition) is 4. The molecule has 1 aliphatic rings. The van der Waals surface area contributed by atoms with Crippen LogP contribution in [-0.2, 0) is 10.0 Å². The van der Waals surface area contributed by atoms with Crippen LogP contribution in [0, 0.1) is 5.82 Å². The van der Waals surface area contributed by atoms with Crippen molar-refractivity contribution in [2.45, 2.75) is 11.3 Å². The lowest BCUT2D eigenvalue weighted by atomic mass is 10.1. The Balaban J connectivity index is 1.58. The van der Waals surface area contributed by atoms with Crippen molar-refractivity contribution in [3.8, 4) is 0 Å². The predicted molar refractivity (Wildman–Crippen MR) is 109 cm³/mol. The van der Waals surface area contributed by atoms with Gasteiger partial charge >= 0.3 is 0 Å². The molecule has 0 radical (unpaired) electrons. The fourth-order valence-electron chi connectivity index (χ4n) is 3.51. The van der Waals surface area contributed by atoms with E-state index in [0.29, 0.717) is 31.1 Å². The Hall–Kier alpha value is -2.22. The highest BCUT2D eigenvalue weighted by atomic mass is 35.5. The van der Waals surface area contributed by atoms with E-state index in [1.807, 2.05) is 24.3 Å². The van der Waals surface area contributed by atoms with Gasteiger partial charge in [0.2, 0.25) is 10.0 Å². The van der Waals surface area contributed by atoms with Crippen molar-refractivity contribution in [1.29, 1.82) is 0 Å². The summed E-state index contributed by atoms with van der Waals surface area (Å²) < 4.78 is 40.4. The zero-order valence-corrected chi connectivity index (χ0v) is 16.6. The second-order valence-corrected chi connectivity index (χ2v) is 9.06. The normalized spacial score (nSPS) is 16.3. The monoisotopic (exact) mass is 419 g/mol. The van der Waals surface area contributed by atoms with Crippen molar-refractivity contribution in [3.63, 3.8) is 0 Å². The minimum absolute atomic E-state index is 0.117. The molecule has 1 aromatic heterocycles. The summed E-state index contributed by atoms with van der Waals surface area (Å²) in [5.74, 6) is -0.453. The number of pyridine rings is 1. The van der Waals surface area contributed by atoms with E-state index in [4.69, 9.17) is 11.6 Å². The molecule has 8 heteroatoms. The van der Waals surface area contributed by atoms with Crippen LogP contribution >= 0.6 is 11.6 Å². The highest BCUT2D eigenvalue weighted by molar-refractivity contribution is 7.89. The Morgan fingerprint density at radius 3 is 2.54 bits per heavy atom. The van der Waals surface area contributed by atoms with Crippen LogP contribution in [0.15, 0.2) is 59.6 Å². The Labute approximate surface area is 168 Å². The van der Waals surface area contributed by atoms with Gasteiger partial charge in [0.25, 0.3) is 0 Å². The van der Waals surface area contributed by atoms with Gasteiger partial charge in [0.05, 0.1) is 10.4 Å². The number of aromatic nitrogens is 1. The van der Waals surface area contributed by atoms with Gasteiger partial charge in [-0.3, -0.25) is 4.98 Å². The van der Waals surface area contributed by atoms with E-state index in [-0.39, 0.29) is 4.90 Å². The Morgan fingerprint density at radius 1 is 0.964 bits per heavy atom. The van der Waals surface area contributed by atoms with Crippen molar-refractivity contribution < 1.29 is 12.8 Å². The lowest BCUT2D eigenvalue weighted by Crippen LogP contribution is -2.35. The van der Waals surface area contributed by atoms with E-state index < -0.39 is 15.8 Å². The fraction of sp³-hybridized carbons (Fsp3) is 0.250. The number of nitrogens with zero attached hydrogens (tertiary/aromatic N) is 3. The van der Waals surface area contributed by atoms with Crippen molar-refractivity contribution in [2.24, 2.45) is 0 Å². The van der Waals surface area contributed by atoms with Crippen molar-refractivity contribution in [3.05, 3.63) is 65.6 Å². The molecule has 28 heavy (non-hydrogen) atoms. The first-order valence-corrected chi connectivity index (χ1v) is 10.8. The number of benzene rings is 2. The molecule has 1 aliphatic heterocycles. The predicted octanol–water partition coefficient (Wildman–Crippen LogP) is 3.93. The number of hydrogen-bond donors (Lipinski definition) is 0. The maximum Gasteiger partial charge on any atom is 0.243 e. The quantitative estimate of drug-likeness (QED) is 0.645. The molecule has 0 amide bonds. The summed E-state index contributed by atoms with van der Waals surface area (Å²) in [6.45, 7) is 2.07. The fourth-order valence-corrected chi connectivity index (χ4v) is 5.15. The maximum atomic E-state index is 13.1. The van der Waals surface area contributed by atoms with Gasteiger partial charge in [-0.25, -0.2) is 12.8 Å². The lowest BCUT2D eigenvalue weighted by Gasteiger charge is -2.24. The van der Waals surface area contributed by atoms with E-state index in [2.05, 4.69) is 9.88 Å². The van der Waals surface area contributed by atoms with Crippen LogP contribution in [0.1, 0.15) is 6.42 Å². The van der Waals surface area contributed by atoms with Gasteiger partial charge in [-0.15, -0.1) is 0 Å². The van der Waals surface area contributed by atoms with Gasteiger partial charge < -0.3 is 4.90 Å². The van der Waals surface area contributed by atoms with E-state index in [1.54, 1.807) is 6.20 Å². The Kier molecular flexibility index (Phi) is 5.23. The second kappa shape index (κ2) is 7.66. The third-order valence-electron chi connectivity index (χ3n) is 4.93. The second-order valence-electron chi connectivity index (χ2n) is 6.69. The molecule has 0 aliphatic carbocycles. The summed E-state index contributed by atoms with van der Waals surface area (Å²) in [4.78, 5) is 6.67. The zero-order valence-electron chi connectivity index (χ0n) is 15.1. The Morgan fingerprint density at radius 2 is 1.75 bits per heavy atom. The summed E-state index contributed by atoms with van der Waals surface area (Å²) in [6, 6.07) is 12.5. The Bertz CT molecular complexity index is 1110. The minimum atomic E-state index is -3.65. The first-order valence-electron chi connectivity index (χ1n) is 9.00. The van der Waals surface area contributed by atoms with Gasteiger partial charge in [-0.05, 0) is 55.0 Å². The summed E-state index contributed by atoms with van der Waals surface area (Å²) >= 11 is 6.07. The summed E-state index contributed by atoms with van der Waals surface area (Å²) in [7, 11) is -3.65. The van der Waals surface area contributed by atoms with Crippen LogP contribution in [0.3, 0.4) is 0 Å². The molecule has 0 saturated carbocycles. The summed E-state index contributed by atoms with van der Waals surface area (Å²) in [5.41, 5.74) is 1.83. The molecule has 4 rings (SSSR count). The van der Waals surface area contributed by atoms with Crippen LogP contribution in [-0.4, -0.2) is 43.9 Å². The minimum Gasteiger partial charge on any atom is -0.370 e. The molecule has 2 heterocycles. The van der Waals surface area contributed by atoms with Crippen LogP contribution in [0.2, 0.25) is 5.02 Å². The molecule has 0 spiro atoms. The zero-order chi connectivity index (χ0) is 19.7. The van der Waals surface area contributed by atoms with Gasteiger partial charge in [0.1, 0.15) is 5.82 Å². The maximum absolute atomic E-state index is 13.1. The van der Waals surface area contributed by atoms with Gasteiger partial charge in [0.15, 0.2) is 0 Å². The van der Waals surface area contributed by atoms with Crippen molar-refractivity contribution in [1.82, 2.24) is 9.29 Å². The van der Waals surface area contributed by atoms with Crippen molar-refractivity contribution in [2.75, 3.05) is 31.1 Å².